The van der Waals surface area contributed by atoms with Crippen molar-refractivity contribution < 1.29 is 0 Å². The molecule has 2 nitrogen and oxygen atoms in total. The average Bonchev–Trinajstić information content (AvgIpc) is 2.74. The molecule has 0 aromatic carbocycles. The van der Waals surface area contributed by atoms with Crippen molar-refractivity contribution in [3.63, 3.8) is 0 Å². The molecule has 0 unspecified atom stereocenters. The first-order chi connectivity index (χ1) is 5.92. The van der Waals surface area contributed by atoms with Gasteiger partial charge in [0, 0.05) is 10.9 Å². The second-order valence-corrected chi connectivity index (χ2v) is 3.78. The molecule has 4 heteroatoms. The fraction of sp³-hybridized carbons (Fsp3) is 0. The van der Waals surface area contributed by atoms with E-state index in [4.69, 9.17) is 5.26 Å². The molecular formula is C8H4N2S2. The van der Waals surface area contributed by atoms with Crippen molar-refractivity contribution in [3.8, 4) is 17.3 Å². The van der Waals surface area contributed by atoms with Gasteiger partial charge in [0.25, 0.3) is 0 Å². The molecule has 0 saturated heterocycles. The van der Waals surface area contributed by atoms with Crippen molar-refractivity contribution >= 4 is 22.7 Å². The smallest absolute Gasteiger partial charge is 0.114 e. The van der Waals surface area contributed by atoms with Gasteiger partial charge in [-0.3, -0.25) is 0 Å². The van der Waals surface area contributed by atoms with Crippen LogP contribution in [0.1, 0.15) is 4.88 Å². The molecular weight excluding hydrogens is 188 g/mol. The largest absolute Gasteiger partial charge is 0.245 e. The lowest BCUT2D eigenvalue weighted by Crippen LogP contribution is -1.74. The third-order valence-corrected chi connectivity index (χ3v) is 2.88. The summed E-state index contributed by atoms with van der Waals surface area (Å²) >= 11 is 2.99. The van der Waals surface area contributed by atoms with Gasteiger partial charge in [0.15, 0.2) is 0 Å². The molecule has 12 heavy (non-hydrogen) atoms. The Morgan fingerprint density at radius 1 is 1.50 bits per heavy atom. The SMILES string of the molecule is N#Cc1sccc1-c1cscn1. The highest BCUT2D eigenvalue weighted by molar-refractivity contribution is 7.11. The quantitative estimate of drug-likeness (QED) is 0.696. The minimum Gasteiger partial charge on any atom is -0.245 e. The van der Waals surface area contributed by atoms with E-state index in [9.17, 15) is 0 Å². The van der Waals surface area contributed by atoms with Gasteiger partial charge >= 0.3 is 0 Å². The maximum Gasteiger partial charge on any atom is 0.114 e. The van der Waals surface area contributed by atoms with E-state index in [1.807, 2.05) is 16.8 Å². The lowest BCUT2D eigenvalue weighted by Gasteiger charge is -1.88. The lowest BCUT2D eigenvalue weighted by atomic mass is 10.2. The summed E-state index contributed by atoms with van der Waals surface area (Å²) in [7, 11) is 0. The monoisotopic (exact) mass is 192 g/mol. The van der Waals surface area contributed by atoms with E-state index in [0.717, 1.165) is 16.1 Å². The molecule has 0 aliphatic carbocycles. The molecule has 2 aromatic rings. The zero-order chi connectivity index (χ0) is 8.39. The first-order valence-electron chi connectivity index (χ1n) is 3.28. The van der Waals surface area contributed by atoms with Crippen LogP contribution in [-0.2, 0) is 0 Å². The van der Waals surface area contributed by atoms with Crippen molar-refractivity contribution in [2.24, 2.45) is 0 Å². The van der Waals surface area contributed by atoms with Gasteiger partial charge in [-0.15, -0.1) is 22.7 Å². The minimum atomic E-state index is 0.737. The van der Waals surface area contributed by atoms with Gasteiger partial charge in [0.05, 0.1) is 11.2 Å². The Kier molecular flexibility index (Phi) is 1.90. The third kappa shape index (κ3) is 1.13. The highest BCUT2D eigenvalue weighted by Crippen LogP contribution is 2.26. The summed E-state index contributed by atoms with van der Waals surface area (Å²) in [6.07, 6.45) is 0. The van der Waals surface area contributed by atoms with Crippen LogP contribution in [0.5, 0.6) is 0 Å². The van der Waals surface area contributed by atoms with Gasteiger partial charge in [-0.1, -0.05) is 0 Å². The molecule has 0 radical (unpaired) electrons. The number of rotatable bonds is 1. The Morgan fingerprint density at radius 3 is 3.08 bits per heavy atom. The zero-order valence-electron chi connectivity index (χ0n) is 6.02. The highest BCUT2D eigenvalue weighted by Gasteiger charge is 2.06. The van der Waals surface area contributed by atoms with Gasteiger partial charge < -0.3 is 0 Å². The molecule has 0 fully saturated rings. The molecule has 0 N–H and O–H groups in total. The van der Waals surface area contributed by atoms with Crippen molar-refractivity contribution in [3.05, 3.63) is 27.2 Å². The van der Waals surface area contributed by atoms with Crippen LogP contribution < -0.4 is 0 Å². The van der Waals surface area contributed by atoms with Crippen molar-refractivity contribution in [1.82, 2.24) is 4.98 Å². The van der Waals surface area contributed by atoms with Gasteiger partial charge in [0.2, 0.25) is 0 Å². The molecule has 0 atom stereocenters. The number of hydrogen-bond acceptors (Lipinski definition) is 4. The topological polar surface area (TPSA) is 36.7 Å². The number of aromatic nitrogens is 1. The molecule has 0 amide bonds. The standard InChI is InChI=1S/C8H4N2S2/c9-3-8-6(1-2-12-8)7-4-11-5-10-7/h1-2,4-5H. The van der Waals surface area contributed by atoms with Crippen LogP contribution in [0.2, 0.25) is 0 Å². The van der Waals surface area contributed by atoms with Crippen molar-refractivity contribution in [2.75, 3.05) is 0 Å². The van der Waals surface area contributed by atoms with Gasteiger partial charge in [-0.05, 0) is 11.4 Å². The number of nitrogens with zero attached hydrogens (tertiary/aromatic N) is 2. The number of thiophene rings is 1. The molecule has 0 bridgehead atoms. The van der Waals surface area contributed by atoms with Crippen LogP contribution in [-0.4, -0.2) is 4.98 Å². The molecule has 0 saturated carbocycles. The van der Waals surface area contributed by atoms with E-state index in [2.05, 4.69) is 11.1 Å². The Morgan fingerprint density at radius 2 is 2.42 bits per heavy atom. The Labute approximate surface area is 77.7 Å². The van der Waals surface area contributed by atoms with Crippen LogP contribution >= 0.6 is 22.7 Å². The summed E-state index contributed by atoms with van der Waals surface area (Å²) in [6, 6.07) is 4.08. The molecule has 0 spiro atoms. The fourth-order valence-corrected chi connectivity index (χ4v) is 2.19. The molecule has 2 rings (SSSR count). The first-order valence-corrected chi connectivity index (χ1v) is 5.10. The van der Waals surface area contributed by atoms with Crippen molar-refractivity contribution in [1.29, 1.82) is 5.26 Å². The maximum atomic E-state index is 8.74. The van der Waals surface area contributed by atoms with Crippen LogP contribution in [0.25, 0.3) is 11.3 Å². The first kappa shape index (κ1) is 7.47. The molecule has 2 heterocycles. The summed E-state index contributed by atoms with van der Waals surface area (Å²) in [5, 5.41) is 12.6. The van der Waals surface area contributed by atoms with E-state index in [1.165, 1.54) is 11.3 Å². The zero-order valence-corrected chi connectivity index (χ0v) is 7.65. The van der Waals surface area contributed by atoms with E-state index in [0.29, 0.717) is 0 Å². The number of thiazole rings is 1. The lowest BCUT2D eigenvalue weighted by molar-refractivity contribution is 1.41. The second-order valence-electron chi connectivity index (χ2n) is 2.15. The predicted octanol–water partition coefficient (Wildman–Crippen LogP) is 2.74. The highest BCUT2D eigenvalue weighted by atomic mass is 32.1. The summed E-state index contributed by atoms with van der Waals surface area (Å²) in [6.45, 7) is 0. The van der Waals surface area contributed by atoms with Crippen LogP contribution in [0, 0.1) is 11.3 Å². The van der Waals surface area contributed by atoms with Crippen LogP contribution in [0.3, 0.4) is 0 Å². The normalized spacial score (nSPS) is 9.58. The van der Waals surface area contributed by atoms with Crippen molar-refractivity contribution in [2.45, 2.75) is 0 Å². The Balaban J connectivity index is 2.55. The molecule has 0 aliphatic rings. The predicted molar refractivity (Wildman–Crippen MR) is 50.1 cm³/mol. The Hall–Kier alpha value is -1.18. The van der Waals surface area contributed by atoms with Gasteiger partial charge in [-0.25, -0.2) is 4.98 Å². The average molecular weight is 192 g/mol. The number of nitriles is 1. The summed E-state index contributed by atoms with van der Waals surface area (Å²) in [4.78, 5) is 4.88. The fourth-order valence-electron chi connectivity index (χ4n) is 0.943. The van der Waals surface area contributed by atoms with E-state index in [-0.39, 0.29) is 0 Å². The summed E-state index contributed by atoms with van der Waals surface area (Å²) in [5.74, 6) is 0. The second kappa shape index (κ2) is 3.05. The maximum absolute atomic E-state index is 8.74. The number of hydrogen-bond donors (Lipinski definition) is 0. The molecule has 0 aliphatic heterocycles. The Bertz CT molecular complexity index is 408. The van der Waals surface area contributed by atoms with E-state index in [1.54, 1.807) is 16.8 Å². The summed E-state index contributed by atoms with van der Waals surface area (Å²) < 4.78 is 0. The third-order valence-electron chi connectivity index (χ3n) is 1.48. The molecule has 58 valence electrons. The minimum absolute atomic E-state index is 0.737. The van der Waals surface area contributed by atoms with E-state index >= 15 is 0 Å². The van der Waals surface area contributed by atoms with Crippen LogP contribution in [0.15, 0.2) is 22.3 Å². The molecule has 2 aromatic heterocycles. The summed E-state index contributed by atoms with van der Waals surface area (Å²) in [5.41, 5.74) is 3.62. The van der Waals surface area contributed by atoms with Gasteiger partial charge in [0.1, 0.15) is 10.9 Å². The van der Waals surface area contributed by atoms with Crippen LogP contribution in [0.4, 0.5) is 0 Å². The van der Waals surface area contributed by atoms with Gasteiger partial charge in [-0.2, -0.15) is 5.26 Å². The van der Waals surface area contributed by atoms with E-state index < -0.39 is 0 Å².